The summed E-state index contributed by atoms with van der Waals surface area (Å²) in [5, 5.41) is 0. The molecule has 0 saturated carbocycles. The molecule has 1 aromatic heterocycles. The highest BCUT2D eigenvalue weighted by Crippen LogP contribution is 2.31. The van der Waals surface area contributed by atoms with E-state index in [1.165, 1.54) is 0 Å². The van der Waals surface area contributed by atoms with E-state index in [0.29, 0.717) is 12.2 Å². The van der Waals surface area contributed by atoms with Crippen LogP contribution in [-0.4, -0.2) is 9.97 Å². The summed E-state index contributed by atoms with van der Waals surface area (Å²) in [6, 6.07) is 8.07. The number of anilines is 1. The monoisotopic (exact) mass is 397 g/mol. The van der Waals surface area contributed by atoms with Gasteiger partial charge in [0.15, 0.2) is 0 Å². The van der Waals surface area contributed by atoms with Gasteiger partial charge in [0.1, 0.15) is 11.6 Å². The Hall–Kier alpha value is -0.940. The van der Waals surface area contributed by atoms with E-state index in [0.717, 1.165) is 26.0 Å². The predicted molar refractivity (Wildman–Crippen MR) is 89.8 cm³/mol. The number of nitrogen functional groups attached to an aromatic ring is 1. The highest BCUT2D eigenvalue weighted by molar-refractivity contribution is 9.11. The van der Waals surface area contributed by atoms with Gasteiger partial charge in [0.2, 0.25) is 0 Å². The quantitative estimate of drug-likeness (QED) is 0.811. The van der Waals surface area contributed by atoms with E-state index in [2.05, 4.69) is 68.7 Å². The van der Waals surface area contributed by atoms with Crippen molar-refractivity contribution in [2.24, 2.45) is 0 Å². The molecule has 0 atom stereocenters. The van der Waals surface area contributed by atoms with Crippen molar-refractivity contribution in [3.8, 4) is 0 Å². The molecule has 2 N–H and O–H groups in total. The number of aromatic nitrogens is 2. The average Bonchev–Trinajstić information content (AvgIpc) is 2.35. The molecule has 0 spiro atoms. The first-order chi connectivity index (χ1) is 9.29. The van der Waals surface area contributed by atoms with Gasteiger partial charge in [0, 0.05) is 16.3 Å². The van der Waals surface area contributed by atoms with Crippen LogP contribution in [0.5, 0.6) is 0 Å². The fourth-order valence-corrected chi connectivity index (χ4v) is 3.10. The third kappa shape index (κ3) is 3.38. The lowest BCUT2D eigenvalue weighted by Gasteiger charge is -2.21. The van der Waals surface area contributed by atoms with E-state index in [-0.39, 0.29) is 5.41 Å². The molecule has 0 saturated heterocycles. The zero-order valence-corrected chi connectivity index (χ0v) is 14.9. The van der Waals surface area contributed by atoms with Crippen molar-refractivity contribution >= 4 is 37.7 Å². The summed E-state index contributed by atoms with van der Waals surface area (Å²) < 4.78 is 1.85. The molecule has 0 aliphatic carbocycles. The van der Waals surface area contributed by atoms with E-state index < -0.39 is 0 Å². The molecule has 2 aromatic rings. The standard InChI is InChI=1S/C15H17Br2N3/c1-15(2,3)13-12(17)14(18)20-11(19-13)8-9-6-4-5-7-10(9)16/h4-7H,8H2,1-3H3,(H2,18,19,20). The van der Waals surface area contributed by atoms with Gasteiger partial charge in [-0.3, -0.25) is 0 Å². The van der Waals surface area contributed by atoms with Gasteiger partial charge in [0.05, 0.1) is 10.2 Å². The van der Waals surface area contributed by atoms with Crippen molar-refractivity contribution in [3.63, 3.8) is 0 Å². The second-order valence-corrected chi connectivity index (χ2v) is 7.35. The van der Waals surface area contributed by atoms with E-state index in [9.17, 15) is 0 Å². The molecule has 0 aliphatic heterocycles. The summed E-state index contributed by atoms with van der Waals surface area (Å²) in [5.41, 5.74) is 8.00. The van der Waals surface area contributed by atoms with Crippen LogP contribution in [0.2, 0.25) is 0 Å². The molecule has 0 amide bonds. The molecule has 0 radical (unpaired) electrons. The smallest absolute Gasteiger partial charge is 0.141 e. The molecule has 3 nitrogen and oxygen atoms in total. The van der Waals surface area contributed by atoms with Crippen LogP contribution in [-0.2, 0) is 11.8 Å². The molecule has 0 fully saturated rings. The number of rotatable bonds is 2. The van der Waals surface area contributed by atoms with Crippen molar-refractivity contribution in [2.75, 3.05) is 5.73 Å². The van der Waals surface area contributed by atoms with Gasteiger partial charge in [-0.15, -0.1) is 0 Å². The van der Waals surface area contributed by atoms with Crippen molar-refractivity contribution in [2.45, 2.75) is 32.6 Å². The number of hydrogen-bond acceptors (Lipinski definition) is 3. The third-order valence-electron chi connectivity index (χ3n) is 2.94. The normalized spacial score (nSPS) is 11.7. The second kappa shape index (κ2) is 5.82. The Labute approximate surface area is 136 Å². The van der Waals surface area contributed by atoms with Crippen LogP contribution in [0.25, 0.3) is 0 Å². The topological polar surface area (TPSA) is 51.8 Å². The maximum absolute atomic E-state index is 6.00. The summed E-state index contributed by atoms with van der Waals surface area (Å²) in [4.78, 5) is 9.06. The molecule has 1 heterocycles. The molecule has 5 heteroatoms. The Bertz CT molecular complexity index is 634. The highest BCUT2D eigenvalue weighted by atomic mass is 79.9. The average molecular weight is 399 g/mol. The largest absolute Gasteiger partial charge is 0.383 e. The SMILES string of the molecule is CC(C)(C)c1nc(Cc2ccccc2Br)nc(N)c1Br. The van der Waals surface area contributed by atoms with Gasteiger partial charge in [-0.25, -0.2) is 9.97 Å². The van der Waals surface area contributed by atoms with Gasteiger partial charge in [-0.2, -0.15) is 0 Å². The Morgan fingerprint density at radius 3 is 2.35 bits per heavy atom. The fraction of sp³-hybridized carbons (Fsp3) is 0.333. The van der Waals surface area contributed by atoms with Crippen LogP contribution in [0.3, 0.4) is 0 Å². The van der Waals surface area contributed by atoms with Crippen LogP contribution in [0.1, 0.15) is 37.9 Å². The van der Waals surface area contributed by atoms with Gasteiger partial charge < -0.3 is 5.73 Å². The summed E-state index contributed by atoms with van der Waals surface area (Å²) in [6.45, 7) is 6.34. The molecular weight excluding hydrogens is 382 g/mol. The van der Waals surface area contributed by atoms with Crippen LogP contribution in [0, 0.1) is 0 Å². The zero-order valence-electron chi connectivity index (χ0n) is 11.7. The van der Waals surface area contributed by atoms with Gasteiger partial charge >= 0.3 is 0 Å². The number of nitrogens with two attached hydrogens (primary N) is 1. The van der Waals surface area contributed by atoms with Crippen LogP contribution in [0.4, 0.5) is 5.82 Å². The number of halogens is 2. The van der Waals surface area contributed by atoms with E-state index >= 15 is 0 Å². The minimum Gasteiger partial charge on any atom is -0.383 e. The summed E-state index contributed by atoms with van der Waals surface area (Å²) >= 11 is 7.04. The van der Waals surface area contributed by atoms with E-state index in [4.69, 9.17) is 5.73 Å². The molecule has 0 unspecified atom stereocenters. The Balaban J connectivity index is 2.44. The Morgan fingerprint density at radius 2 is 1.75 bits per heavy atom. The van der Waals surface area contributed by atoms with Crippen molar-refractivity contribution < 1.29 is 0 Å². The maximum Gasteiger partial charge on any atom is 0.141 e. The maximum atomic E-state index is 6.00. The summed E-state index contributed by atoms with van der Waals surface area (Å²) in [7, 11) is 0. The summed E-state index contributed by atoms with van der Waals surface area (Å²) in [5.74, 6) is 1.23. The summed E-state index contributed by atoms with van der Waals surface area (Å²) in [6.07, 6.45) is 0.655. The zero-order chi connectivity index (χ0) is 14.9. The fourth-order valence-electron chi connectivity index (χ4n) is 1.90. The van der Waals surface area contributed by atoms with Gasteiger partial charge in [0.25, 0.3) is 0 Å². The molecule has 106 valence electrons. The number of hydrogen-bond donors (Lipinski definition) is 1. The first kappa shape index (κ1) is 15.4. The highest BCUT2D eigenvalue weighted by Gasteiger charge is 2.22. The van der Waals surface area contributed by atoms with Crippen molar-refractivity contribution in [1.29, 1.82) is 0 Å². The van der Waals surface area contributed by atoms with Crippen LogP contribution >= 0.6 is 31.9 Å². The molecule has 2 rings (SSSR count). The van der Waals surface area contributed by atoms with E-state index in [1.807, 2.05) is 18.2 Å². The molecule has 0 bridgehead atoms. The lowest BCUT2D eigenvalue weighted by Crippen LogP contribution is -2.18. The minimum absolute atomic E-state index is 0.0848. The van der Waals surface area contributed by atoms with E-state index in [1.54, 1.807) is 0 Å². The lowest BCUT2D eigenvalue weighted by molar-refractivity contribution is 0.560. The Kier molecular flexibility index (Phi) is 4.49. The van der Waals surface area contributed by atoms with Gasteiger partial charge in [-0.05, 0) is 27.6 Å². The number of benzene rings is 1. The predicted octanol–water partition coefficient (Wildman–Crippen LogP) is 4.47. The van der Waals surface area contributed by atoms with Gasteiger partial charge in [-0.1, -0.05) is 54.9 Å². The van der Waals surface area contributed by atoms with Crippen LogP contribution < -0.4 is 5.73 Å². The molecule has 0 aliphatic rings. The first-order valence-corrected chi connectivity index (χ1v) is 7.93. The molecular formula is C15H17Br2N3. The molecule has 1 aromatic carbocycles. The number of nitrogens with zero attached hydrogens (tertiary/aromatic N) is 2. The first-order valence-electron chi connectivity index (χ1n) is 6.35. The Morgan fingerprint density at radius 1 is 1.10 bits per heavy atom. The lowest BCUT2D eigenvalue weighted by atomic mass is 9.92. The van der Waals surface area contributed by atoms with Crippen molar-refractivity contribution in [1.82, 2.24) is 9.97 Å². The second-order valence-electron chi connectivity index (χ2n) is 5.71. The third-order valence-corrected chi connectivity index (χ3v) is 4.50. The minimum atomic E-state index is -0.0848. The van der Waals surface area contributed by atoms with Crippen LogP contribution in [0.15, 0.2) is 33.2 Å². The molecule has 20 heavy (non-hydrogen) atoms. The van der Waals surface area contributed by atoms with Crippen molar-refractivity contribution in [3.05, 3.63) is 50.3 Å².